The smallest absolute Gasteiger partial charge is 0.326 e. The highest BCUT2D eigenvalue weighted by atomic mass is 19.1. The molecule has 0 heterocycles. The molecule has 5 heteroatoms. The van der Waals surface area contributed by atoms with E-state index in [-0.39, 0.29) is 17.4 Å². The third kappa shape index (κ3) is 4.89. The van der Waals surface area contributed by atoms with Crippen molar-refractivity contribution < 1.29 is 19.1 Å². The van der Waals surface area contributed by atoms with E-state index in [0.29, 0.717) is 0 Å². The molecule has 0 saturated carbocycles. The molecule has 0 aliphatic rings. The van der Waals surface area contributed by atoms with E-state index in [1.165, 1.54) is 18.2 Å². The van der Waals surface area contributed by atoms with Gasteiger partial charge in [-0.25, -0.2) is 9.18 Å². The summed E-state index contributed by atoms with van der Waals surface area (Å²) in [7, 11) is 0. The lowest BCUT2D eigenvalue weighted by molar-refractivity contribution is -0.139. The van der Waals surface area contributed by atoms with Crippen molar-refractivity contribution in [2.24, 2.45) is 0 Å². The van der Waals surface area contributed by atoms with E-state index in [4.69, 9.17) is 0 Å². The molecular formula is C20H22FNO3. The van der Waals surface area contributed by atoms with E-state index >= 15 is 0 Å². The van der Waals surface area contributed by atoms with Gasteiger partial charge in [-0.2, -0.15) is 0 Å². The average molecular weight is 343 g/mol. The molecule has 0 radical (unpaired) electrons. The molecule has 1 atom stereocenters. The number of carbonyl (C=O) groups excluding carboxylic acids is 1. The summed E-state index contributed by atoms with van der Waals surface area (Å²) in [5.74, 6) is -2.58. The van der Waals surface area contributed by atoms with Crippen molar-refractivity contribution in [2.75, 3.05) is 0 Å². The first-order valence-electron chi connectivity index (χ1n) is 8.06. The van der Waals surface area contributed by atoms with Crippen LogP contribution in [0.4, 0.5) is 4.39 Å². The molecule has 25 heavy (non-hydrogen) atoms. The topological polar surface area (TPSA) is 66.4 Å². The van der Waals surface area contributed by atoms with Gasteiger partial charge in [0.25, 0.3) is 5.91 Å². The number of carbonyl (C=O) groups is 2. The third-order valence-corrected chi connectivity index (χ3v) is 3.98. The largest absolute Gasteiger partial charge is 0.480 e. The van der Waals surface area contributed by atoms with Crippen LogP contribution in [0, 0.1) is 5.82 Å². The first kappa shape index (κ1) is 18.6. The van der Waals surface area contributed by atoms with E-state index in [0.717, 1.165) is 17.2 Å². The van der Waals surface area contributed by atoms with Gasteiger partial charge >= 0.3 is 5.97 Å². The summed E-state index contributed by atoms with van der Waals surface area (Å²) in [6.45, 7) is 6.28. The quantitative estimate of drug-likeness (QED) is 0.872. The fourth-order valence-electron chi connectivity index (χ4n) is 2.46. The minimum Gasteiger partial charge on any atom is -0.480 e. The molecule has 0 saturated heterocycles. The first-order chi connectivity index (χ1) is 11.7. The molecule has 2 rings (SSSR count). The van der Waals surface area contributed by atoms with Crippen LogP contribution in [0.3, 0.4) is 0 Å². The van der Waals surface area contributed by atoms with Crippen LogP contribution in [0.15, 0.2) is 48.5 Å². The molecule has 0 spiro atoms. The maximum Gasteiger partial charge on any atom is 0.326 e. The lowest BCUT2D eigenvalue weighted by Crippen LogP contribution is -2.42. The Kier molecular flexibility index (Phi) is 5.57. The van der Waals surface area contributed by atoms with Crippen LogP contribution in [0.25, 0.3) is 0 Å². The van der Waals surface area contributed by atoms with Crippen molar-refractivity contribution in [1.29, 1.82) is 0 Å². The number of nitrogens with one attached hydrogen (secondary N) is 1. The van der Waals surface area contributed by atoms with Crippen molar-refractivity contribution in [3.05, 3.63) is 71.0 Å². The Bertz CT molecular complexity index is 763. The van der Waals surface area contributed by atoms with E-state index in [1.807, 2.05) is 24.3 Å². The molecular weight excluding hydrogens is 321 g/mol. The number of benzene rings is 2. The molecule has 2 aromatic rings. The lowest BCUT2D eigenvalue weighted by Gasteiger charge is -2.20. The van der Waals surface area contributed by atoms with Crippen LogP contribution >= 0.6 is 0 Å². The van der Waals surface area contributed by atoms with E-state index in [2.05, 4.69) is 26.1 Å². The maximum atomic E-state index is 13.7. The lowest BCUT2D eigenvalue weighted by atomic mass is 9.86. The summed E-state index contributed by atoms with van der Waals surface area (Å²) in [5, 5.41) is 11.8. The maximum absolute atomic E-state index is 13.7. The Morgan fingerprint density at radius 1 is 1.08 bits per heavy atom. The minimum absolute atomic E-state index is 0.00375. The van der Waals surface area contributed by atoms with Gasteiger partial charge < -0.3 is 10.4 Å². The molecule has 0 aromatic heterocycles. The molecule has 4 nitrogen and oxygen atoms in total. The van der Waals surface area contributed by atoms with E-state index in [9.17, 15) is 19.1 Å². The second-order valence-electron chi connectivity index (χ2n) is 7.00. The normalized spacial score (nSPS) is 12.5. The number of hydrogen-bond donors (Lipinski definition) is 2. The molecule has 0 fully saturated rings. The Balaban J connectivity index is 2.12. The van der Waals surface area contributed by atoms with Crippen molar-refractivity contribution in [2.45, 2.75) is 38.6 Å². The molecule has 0 aliphatic heterocycles. The predicted octanol–water partition coefficient (Wildman–Crippen LogP) is 3.55. The predicted molar refractivity (Wildman–Crippen MR) is 94.1 cm³/mol. The second kappa shape index (κ2) is 7.47. The summed E-state index contributed by atoms with van der Waals surface area (Å²) in [5.41, 5.74) is 1.76. The van der Waals surface area contributed by atoms with Gasteiger partial charge in [0.1, 0.15) is 11.9 Å². The van der Waals surface area contributed by atoms with Gasteiger partial charge in [-0.05, 0) is 28.7 Å². The molecule has 0 unspecified atom stereocenters. The summed E-state index contributed by atoms with van der Waals surface area (Å²) >= 11 is 0. The average Bonchev–Trinajstić information content (AvgIpc) is 2.54. The van der Waals surface area contributed by atoms with E-state index in [1.54, 1.807) is 0 Å². The van der Waals surface area contributed by atoms with Crippen LogP contribution in [0.5, 0.6) is 0 Å². The number of halogens is 1. The fraction of sp³-hybridized carbons (Fsp3) is 0.300. The highest BCUT2D eigenvalue weighted by Crippen LogP contribution is 2.22. The summed E-state index contributed by atoms with van der Waals surface area (Å²) < 4.78 is 13.7. The van der Waals surface area contributed by atoms with Crippen LogP contribution in [0.2, 0.25) is 0 Å². The van der Waals surface area contributed by atoms with E-state index < -0.39 is 23.7 Å². The van der Waals surface area contributed by atoms with Gasteiger partial charge in [0, 0.05) is 6.42 Å². The zero-order chi connectivity index (χ0) is 18.6. The zero-order valence-electron chi connectivity index (χ0n) is 14.5. The van der Waals surface area contributed by atoms with Crippen LogP contribution in [-0.4, -0.2) is 23.0 Å². The molecule has 2 N–H and O–H groups in total. The van der Waals surface area contributed by atoms with Crippen molar-refractivity contribution in [3.8, 4) is 0 Å². The monoisotopic (exact) mass is 343 g/mol. The fourth-order valence-corrected chi connectivity index (χ4v) is 2.46. The van der Waals surface area contributed by atoms with Gasteiger partial charge in [-0.3, -0.25) is 4.79 Å². The molecule has 2 aromatic carbocycles. The van der Waals surface area contributed by atoms with Gasteiger partial charge in [0.05, 0.1) is 5.56 Å². The van der Waals surface area contributed by atoms with Crippen molar-refractivity contribution >= 4 is 11.9 Å². The molecule has 0 aliphatic carbocycles. The molecule has 0 bridgehead atoms. The van der Waals surface area contributed by atoms with Crippen molar-refractivity contribution in [1.82, 2.24) is 5.32 Å². The number of amides is 1. The Hall–Kier alpha value is -2.69. The molecule has 132 valence electrons. The van der Waals surface area contributed by atoms with Gasteiger partial charge in [-0.1, -0.05) is 57.2 Å². The Labute approximate surface area is 146 Å². The van der Waals surface area contributed by atoms with Gasteiger partial charge in [-0.15, -0.1) is 0 Å². The molecule has 1 amide bonds. The number of hydrogen-bond acceptors (Lipinski definition) is 2. The van der Waals surface area contributed by atoms with Gasteiger partial charge in [0.2, 0.25) is 0 Å². The zero-order valence-corrected chi connectivity index (χ0v) is 14.5. The summed E-state index contributed by atoms with van der Waals surface area (Å²) in [6, 6.07) is 12.0. The summed E-state index contributed by atoms with van der Waals surface area (Å²) in [4.78, 5) is 23.6. The Morgan fingerprint density at radius 2 is 1.68 bits per heavy atom. The standard InChI is InChI=1S/C20H22FNO3/c1-20(2,3)14-10-8-13(9-11-14)12-17(19(24)25)22-18(23)15-6-4-5-7-16(15)21/h4-11,17H,12H2,1-3H3,(H,22,23)(H,24,25)/t17-/m1/s1. The number of aliphatic carboxylic acids is 1. The van der Waals surface area contributed by atoms with Crippen LogP contribution < -0.4 is 5.32 Å². The number of rotatable bonds is 5. The van der Waals surface area contributed by atoms with Crippen LogP contribution in [-0.2, 0) is 16.6 Å². The minimum atomic E-state index is -1.16. The van der Waals surface area contributed by atoms with Crippen molar-refractivity contribution in [3.63, 3.8) is 0 Å². The second-order valence-corrected chi connectivity index (χ2v) is 7.00. The first-order valence-corrected chi connectivity index (χ1v) is 8.06. The highest BCUT2D eigenvalue weighted by molar-refractivity contribution is 5.96. The highest BCUT2D eigenvalue weighted by Gasteiger charge is 2.23. The number of carboxylic acid groups (broad SMARTS) is 1. The van der Waals surface area contributed by atoms with Crippen LogP contribution in [0.1, 0.15) is 42.3 Å². The van der Waals surface area contributed by atoms with Gasteiger partial charge in [0.15, 0.2) is 0 Å². The third-order valence-electron chi connectivity index (χ3n) is 3.98. The summed E-state index contributed by atoms with van der Waals surface area (Å²) in [6.07, 6.45) is 0.125. The SMILES string of the molecule is CC(C)(C)c1ccc(C[C@@H](NC(=O)c2ccccc2F)C(=O)O)cc1. The Morgan fingerprint density at radius 3 is 2.20 bits per heavy atom. The number of carboxylic acids is 1.